The minimum atomic E-state index is -0.900. The lowest BCUT2D eigenvalue weighted by molar-refractivity contribution is -0.160. The van der Waals surface area contributed by atoms with Crippen LogP contribution in [0.15, 0.2) is 30.3 Å². The van der Waals surface area contributed by atoms with Crippen LogP contribution in [0.25, 0.3) is 0 Å². The summed E-state index contributed by atoms with van der Waals surface area (Å²) in [5.41, 5.74) is 0.257. The van der Waals surface area contributed by atoms with Gasteiger partial charge in [-0.05, 0) is 31.2 Å². The average molecular weight is 260 g/mol. The van der Waals surface area contributed by atoms with Gasteiger partial charge in [0.1, 0.15) is 11.2 Å². The molecular weight excluding hydrogens is 240 g/mol. The van der Waals surface area contributed by atoms with Crippen LogP contribution in [0, 0.1) is 5.41 Å². The predicted molar refractivity (Wildman–Crippen MR) is 72.7 cm³/mol. The summed E-state index contributed by atoms with van der Waals surface area (Å²) in [4.78, 5) is 24.3. The van der Waals surface area contributed by atoms with Crippen molar-refractivity contribution in [2.75, 3.05) is 7.11 Å². The van der Waals surface area contributed by atoms with Crippen LogP contribution < -0.4 is 0 Å². The number of aryl methyl sites for hydroxylation is 1. The molecule has 0 saturated heterocycles. The Morgan fingerprint density at radius 2 is 2.00 bits per heavy atom. The molecule has 0 radical (unpaired) electrons. The van der Waals surface area contributed by atoms with E-state index in [9.17, 15) is 9.59 Å². The zero-order chi connectivity index (χ0) is 13.7. The van der Waals surface area contributed by atoms with Gasteiger partial charge in [-0.1, -0.05) is 36.8 Å². The van der Waals surface area contributed by atoms with E-state index < -0.39 is 5.41 Å². The SMILES string of the molecule is COC(=O)C1(CCc2ccccc2)CCCCC1=O. The molecule has 19 heavy (non-hydrogen) atoms. The molecule has 1 atom stereocenters. The molecule has 0 N–H and O–H groups in total. The molecule has 3 nitrogen and oxygen atoms in total. The fourth-order valence-electron chi connectivity index (χ4n) is 2.87. The highest BCUT2D eigenvalue weighted by Crippen LogP contribution is 2.38. The third-order valence-corrected chi connectivity index (χ3v) is 4.05. The van der Waals surface area contributed by atoms with Gasteiger partial charge in [0.25, 0.3) is 0 Å². The predicted octanol–water partition coefficient (Wildman–Crippen LogP) is 2.92. The van der Waals surface area contributed by atoms with Gasteiger partial charge in [0.2, 0.25) is 0 Å². The van der Waals surface area contributed by atoms with Crippen molar-refractivity contribution in [1.29, 1.82) is 0 Å². The molecule has 102 valence electrons. The Morgan fingerprint density at radius 3 is 2.63 bits per heavy atom. The van der Waals surface area contributed by atoms with E-state index in [1.165, 1.54) is 7.11 Å². The molecule has 1 aromatic rings. The van der Waals surface area contributed by atoms with Gasteiger partial charge in [-0.2, -0.15) is 0 Å². The van der Waals surface area contributed by atoms with Crippen molar-refractivity contribution < 1.29 is 14.3 Å². The second-order valence-electron chi connectivity index (χ2n) is 5.19. The highest BCUT2D eigenvalue weighted by Gasteiger charge is 2.46. The van der Waals surface area contributed by atoms with E-state index >= 15 is 0 Å². The summed E-state index contributed by atoms with van der Waals surface area (Å²) < 4.78 is 4.89. The van der Waals surface area contributed by atoms with Gasteiger partial charge < -0.3 is 4.74 Å². The van der Waals surface area contributed by atoms with Gasteiger partial charge in [0.15, 0.2) is 0 Å². The topological polar surface area (TPSA) is 43.4 Å². The van der Waals surface area contributed by atoms with Gasteiger partial charge >= 0.3 is 5.97 Å². The number of carbonyl (C=O) groups excluding carboxylic acids is 2. The third kappa shape index (κ3) is 2.86. The Morgan fingerprint density at radius 1 is 1.26 bits per heavy atom. The van der Waals surface area contributed by atoms with Crippen molar-refractivity contribution in [3.05, 3.63) is 35.9 Å². The lowest BCUT2D eigenvalue weighted by Gasteiger charge is -2.33. The number of hydrogen-bond acceptors (Lipinski definition) is 3. The summed E-state index contributed by atoms with van der Waals surface area (Å²) in [6, 6.07) is 9.97. The quantitative estimate of drug-likeness (QED) is 0.617. The fraction of sp³-hybridized carbons (Fsp3) is 0.500. The Bertz CT molecular complexity index is 442. The van der Waals surface area contributed by atoms with Crippen molar-refractivity contribution in [3.8, 4) is 0 Å². The van der Waals surface area contributed by atoms with Crippen LogP contribution in [0.1, 0.15) is 37.7 Å². The summed E-state index contributed by atoms with van der Waals surface area (Å²) in [6.07, 6.45) is 4.25. The summed E-state index contributed by atoms with van der Waals surface area (Å²) in [5, 5.41) is 0. The lowest BCUT2D eigenvalue weighted by atomic mass is 9.69. The molecule has 1 aromatic carbocycles. The van der Waals surface area contributed by atoms with Crippen LogP contribution in [0.5, 0.6) is 0 Å². The van der Waals surface area contributed by atoms with Crippen molar-refractivity contribution in [3.63, 3.8) is 0 Å². The van der Waals surface area contributed by atoms with Gasteiger partial charge in [-0.15, -0.1) is 0 Å². The molecule has 1 aliphatic rings. The Kier molecular flexibility index (Phi) is 4.35. The minimum absolute atomic E-state index is 0.0570. The number of methoxy groups -OCH3 is 1. The number of ether oxygens (including phenoxy) is 1. The summed E-state index contributed by atoms with van der Waals surface area (Å²) >= 11 is 0. The van der Waals surface area contributed by atoms with Gasteiger partial charge in [0, 0.05) is 6.42 Å². The zero-order valence-electron chi connectivity index (χ0n) is 11.4. The molecule has 1 fully saturated rings. The Balaban J connectivity index is 2.14. The first-order valence-electron chi connectivity index (χ1n) is 6.85. The third-order valence-electron chi connectivity index (χ3n) is 4.05. The summed E-state index contributed by atoms with van der Waals surface area (Å²) in [6.45, 7) is 0. The molecular formula is C16H20O3. The highest BCUT2D eigenvalue weighted by atomic mass is 16.5. The van der Waals surface area contributed by atoms with Crippen molar-refractivity contribution in [2.45, 2.75) is 38.5 Å². The van der Waals surface area contributed by atoms with Crippen LogP contribution in [-0.2, 0) is 20.7 Å². The number of carbonyl (C=O) groups is 2. The van der Waals surface area contributed by atoms with Crippen LogP contribution in [0.4, 0.5) is 0 Å². The minimum Gasteiger partial charge on any atom is -0.468 e. The largest absolute Gasteiger partial charge is 0.468 e. The summed E-state index contributed by atoms with van der Waals surface area (Å²) in [7, 11) is 1.37. The molecule has 0 heterocycles. The maximum absolute atomic E-state index is 12.2. The maximum Gasteiger partial charge on any atom is 0.319 e. The van der Waals surface area contributed by atoms with E-state index in [0.717, 1.165) is 24.8 Å². The molecule has 3 heteroatoms. The number of Topliss-reactive ketones (excluding diaryl/α,β-unsaturated/α-hetero) is 1. The molecule has 0 aromatic heterocycles. The Labute approximate surface area is 114 Å². The number of hydrogen-bond donors (Lipinski definition) is 0. The first-order valence-corrected chi connectivity index (χ1v) is 6.85. The molecule has 1 unspecified atom stereocenters. The van der Waals surface area contributed by atoms with Crippen molar-refractivity contribution >= 4 is 11.8 Å². The lowest BCUT2D eigenvalue weighted by Crippen LogP contribution is -2.42. The van der Waals surface area contributed by atoms with E-state index in [1.807, 2.05) is 30.3 Å². The fourth-order valence-corrected chi connectivity index (χ4v) is 2.87. The van der Waals surface area contributed by atoms with E-state index in [1.54, 1.807) is 0 Å². The molecule has 2 rings (SSSR count). The normalized spacial score (nSPS) is 23.1. The summed E-state index contributed by atoms with van der Waals surface area (Å²) in [5.74, 6) is -0.297. The van der Waals surface area contributed by atoms with Crippen LogP contribution in [0.3, 0.4) is 0 Å². The zero-order valence-corrected chi connectivity index (χ0v) is 11.4. The van der Waals surface area contributed by atoms with E-state index in [4.69, 9.17) is 4.74 Å². The smallest absolute Gasteiger partial charge is 0.319 e. The maximum atomic E-state index is 12.2. The Hall–Kier alpha value is -1.64. The molecule has 0 bridgehead atoms. The number of benzene rings is 1. The van der Waals surface area contributed by atoms with E-state index in [-0.39, 0.29) is 11.8 Å². The van der Waals surface area contributed by atoms with E-state index in [2.05, 4.69) is 0 Å². The monoisotopic (exact) mass is 260 g/mol. The first kappa shape index (κ1) is 13.8. The van der Waals surface area contributed by atoms with Crippen LogP contribution >= 0.6 is 0 Å². The van der Waals surface area contributed by atoms with Crippen molar-refractivity contribution in [2.24, 2.45) is 5.41 Å². The average Bonchev–Trinajstić information content (AvgIpc) is 2.47. The highest BCUT2D eigenvalue weighted by molar-refractivity contribution is 6.04. The number of esters is 1. The van der Waals surface area contributed by atoms with Gasteiger partial charge in [0.05, 0.1) is 7.11 Å². The van der Waals surface area contributed by atoms with Gasteiger partial charge in [-0.3, -0.25) is 9.59 Å². The number of rotatable bonds is 4. The second-order valence-corrected chi connectivity index (χ2v) is 5.19. The second kappa shape index (κ2) is 6.00. The number of ketones is 1. The van der Waals surface area contributed by atoms with E-state index in [0.29, 0.717) is 19.3 Å². The molecule has 1 aliphatic carbocycles. The first-order chi connectivity index (χ1) is 9.19. The van der Waals surface area contributed by atoms with Crippen molar-refractivity contribution in [1.82, 2.24) is 0 Å². The van der Waals surface area contributed by atoms with Crippen LogP contribution in [-0.4, -0.2) is 18.9 Å². The molecule has 0 spiro atoms. The molecule has 0 amide bonds. The van der Waals surface area contributed by atoms with Crippen LogP contribution in [0.2, 0.25) is 0 Å². The van der Waals surface area contributed by atoms with Gasteiger partial charge in [-0.25, -0.2) is 0 Å². The molecule has 0 aliphatic heterocycles. The molecule has 1 saturated carbocycles. The standard InChI is InChI=1S/C16H20O3/c1-19-15(18)16(11-6-5-9-14(16)17)12-10-13-7-3-2-4-8-13/h2-4,7-8H,5-6,9-12H2,1H3.